The molecule has 0 aliphatic rings. The van der Waals surface area contributed by atoms with Gasteiger partial charge in [0.2, 0.25) is 0 Å². The molecule has 0 radical (unpaired) electrons. The van der Waals surface area contributed by atoms with Crippen LogP contribution in [-0.2, 0) is 29.0 Å². The van der Waals surface area contributed by atoms with E-state index in [-0.39, 0.29) is 43.1 Å². The van der Waals surface area contributed by atoms with Crippen molar-refractivity contribution in [2.75, 3.05) is 13.7 Å². The molecule has 9 nitrogen and oxygen atoms in total. The summed E-state index contributed by atoms with van der Waals surface area (Å²) in [5, 5.41) is 8.80. The van der Waals surface area contributed by atoms with E-state index in [0.29, 0.717) is 0 Å². The number of aromatic amines is 1. The quantitative estimate of drug-likeness (QED) is 0.718. The number of rotatable bonds is 6. The summed E-state index contributed by atoms with van der Waals surface area (Å²) >= 11 is 0. The number of methoxy groups -OCH3 is 1. The minimum Gasteiger partial charge on any atom is -0.481 e. The highest BCUT2D eigenvalue weighted by atomic mass is 16.5. The van der Waals surface area contributed by atoms with Gasteiger partial charge in [0.05, 0.1) is 13.2 Å². The van der Waals surface area contributed by atoms with Crippen LogP contribution >= 0.6 is 0 Å². The highest BCUT2D eigenvalue weighted by molar-refractivity contribution is 5.73. The average molecular weight is 296 g/mol. The Morgan fingerprint density at radius 1 is 1.38 bits per heavy atom. The van der Waals surface area contributed by atoms with Gasteiger partial charge in [-0.1, -0.05) is 0 Å². The molecule has 2 aromatic rings. The summed E-state index contributed by atoms with van der Waals surface area (Å²) in [5.74, 6) is -0.940. The average Bonchev–Trinajstić information content (AvgIpc) is 2.82. The Morgan fingerprint density at radius 2 is 2.10 bits per heavy atom. The van der Waals surface area contributed by atoms with E-state index in [1.165, 1.54) is 11.7 Å². The summed E-state index contributed by atoms with van der Waals surface area (Å²) in [4.78, 5) is 42.0. The highest BCUT2D eigenvalue weighted by Crippen LogP contribution is 2.06. The third-order valence-corrected chi connectivity index (χ3v) is 3.06. The van der Waals surface area contributed by atoms with Crippen molar-refractivity contribution in [2.24, 2.45) is 0 Å². The minimum atomic E-state index is -1.07. The van der Waals surface area contributed by atoms with Gasteiger partial charge in [0.15, 0.2) is 5.65 Å². The van der Waals surface area contributed by atoms with Gasteiger partial charge in [-0.05, 0) is 6.92 Å². The molecule has 0 atom stereocenters. The van der Waals surface area contributed by atoms with Gasteiger partial charge in [0.25, 0.3) is 5.56 Å². The topological polar surface area (TPSA) is 119 Å². The fourth-order valence-corrected chi connectivity index (χ4v) is 2.10. The molecular weight excluding hydrogens is 280 g/mol. The van der Waals surface area contributed by atoms with Crippen LogP contribution in [0, 0.1) is 0 Å². The third-order valence-electron chi connectivity index (χ3n) is 3.06. The van der Waals surface area contributed by atoms with Crippen LogP contribution in [0.15, 0.2) is 9.59 Å². The van der Waals surface area contributed by atoms with E-state index in [1.807, 2.05) is 0 Å². The SMILES string of the molecule is CCn1c(=O)c2[nH]c(CC(=O)O)nc2n(CCOC)c1=O. The lowest BCUT2D eigenvalue weighted by Gasteiger charge is -2.09. The molecule has 0 saturated heterocycles. The van der Waals surface area contributed by atoms with Crippen LogP contribution in [0.1, 0.15) is 12.7 Å². The molecule has 2 aromatic heterocycles. The highest BCUT2D eigenvalue weighted by Gasteiger charge is 2.17. The van der Waals surface area contributed by atoms with Crippen LogP contribution in [0.5, 0.6) is 0 Å². The van der Waals surface area contributed by atoms with E-state index >= 15 is 0 Å². The van der Waals surface area contributed by atoms with E-state index in [1.54, 1.807) is 6.92 Å². The molecule has 0 saturated carbocycles. The van der Waals surface area contributed by atoms with Crippen molar-refractivity contribution in [3.63, 3.8) is 0 Å². The van der Waals surface area contributed by atoms with Crippen molar-refractivity contribution in [2.45, 2.75) is 26.4 Å². The molecule has 0 fully saturated rings. The number of aliphatic carboxylic acids is 1. The zero-order valence-corrected chi connectivity index (χ0v) is 11.8. The maximum absolute atomic E-state index is 12.3. The number of fused-ring (bicyclic) bond motifs is 1. The van der Waals surface area contributed by atoms with Gasteiger partial charge in [-0.2, -0.15) is 0 Å². The predicted molar refractivity (Wildman–Crippen MR) is 73.5 cm³/mol. The van der Waals surface area contributed by atoms with Crippen LogP contribution in [0.3, 0.4) is 0 Å². The van der Waals surface area contributed by atoms with Crippen molar-refractivity contribution < 1.29 is 14.6 Å². The number of hydrogen-bond acceptors (Lipinski definition) is 5. The summed E-state index contributed by atoms with van der Waals surface area (Å²) in [7, 11) is 1.50. The molecule has 0 aromatic carbocycles. The number of carboxylic acid groups (broad SMARTS) is 1. The van der Waals surface area contributed by atoms with Gasteiger partial charge >= 0.3 is 11.7 Å². The number of imidazole rings is 1. The Kier molecular flexibility index (Phi) is 4.22. The third kappa shape index (κ3) is 2.72. The second-order valence-electron chi connectivity index (χ2n) is 4.43. The Morgan fingerprint density at radius 3 is 2.67 bits per heavy atom. The Balaban J connectivity index is 2.72. The summed E-state index contributed by atoms with van der Waals surface area (Å²) in [6, 6.07) is 0. The first-order chi connectivity index (χ1) is 9.99. The van der Waals surface area contributed by atoms with E-state index in [9.17, 15) is 14.4 Å². The van der Waals surface area contributed by atoms with E-state index in [4.69, 9.17) is 9.84 Å². The van der Waals surface area contributed by atoms with Crippen molar-refractivity contribution in [1.82, 2.24) is 19.1 Å². The van der Waals surface area contributed by atoms with Gasteiger partial charge in [-0.25, -0.2) is 9.78 Å². The number of carboxylic acids is 1. The molecule has 21 heavy (non-hydrogen) atoms. The maximum Gasteiger partial charge on any atom is 0.332 e. The smallest absolute Gasteiger partial charge is 0.332 e. The molecule has 0 unspecified atom stereocenters. The first-order valence-corrected chi connectivity index (χ1v) is 6.42. The number of aromatic nitrogens is 4. The van der Waals surface area contributed by atoms with E-state index < -0.39 is 17.2 Å². The molecule has 2 rings (SSSR count). The normalized spacial score (nSPS) is 11.1. The second kappa shape index (κ2) is 5.92. The van der Waals surface area contributed by atoms with Gasteiger partial charge in [0, 0.05) is 13.7 Å². The predicted octanol–water partition coefficient (Wildman–Crippen LogP) is -0.820. The van der Waals surface area contributed by atoms with Crippen LogP contribution in [0.2, 0.25) is 0 Å². The molecule has 2 N–H and O–H groups in total. The first kappa shape index (κ1) is 15.0. The molecule has 0 bridgehead atoms. The number of H-pyrrole nitrogens is 1. The summed E-state index contributed by atoms with van der Waals surface area (Å²) in [5.41, 5.74) is -0.706. The summed E-state index contributed by atoms with van der Waals surface area (Å²) in [6.07, 6.45) is -0.348. The van der Waals surface area contributed by atoms with Crippen LogP contribution in [0.25, 0.3) is 11.2 Å². The minimum absolute atomic E-state index is 0.129. The van der Waals surface area contributed by atoms with Crippen molar-refractivity contribution in [1.29, 1.82) is 0 Å². The Bertz CT molecular complexity index is 785. The lowest BCUT2D eigenvalue weighted by molar-refractivity contribution is -0.136. The standard InChI is InChI=1S/C12H16N4O5/c1-3-15-11(19)9-10(14-7(13-9)6-8(17)18)16(12(15)20)4-5-21-2/h3-6H2,1-2H3,(H,13,14)(H,17,18). The number of nitrogens with one attached hydrogen (secondary N) is 1. The largest absolute Gasteiger partial charge is 0.481 e. The molecule has 2 heterocycles. The van der Waals surface area contributed by atoms with Crippen molar-refractivity contribution in [3.05, 3.63) is 26.7 Å². The van der Waals surface area contributed by atoms with Crippen molar-refractivity contribution >= 4 is 17.1 Å². The van der Waals surface area contributed by atoms with E-state index in [0.717, 1.165) is 4.57 Å². The molecule has 0 aliphatic carbocycles. The summed E-state index contributed by atoms with van der Waals surface area (Å²) in [6.45, 7) is 2.40. The van der Waals surface area contributed by atoms with Gasteiger partial charge in [-0.15, -0.1) is 0 Å². The van der Waals surface area contributed by atoms with Gasteiger partial charge in [-0.3, -0.25) is 18.7 Å². The zero-order chi connectivity index (χ0) is 15.6. The second-order valence-corrected chi connectivity index (χ2v) is 4.43. The van der Waals surface area contributed by atoms with Crippen LogP contribution in [0.4, 0.5) is 0 Å². The molecule has 9 heteroatoms. The fraction of sp³-hybridized carbons (Fsp3) is 0.500. The molecule has 0 amide bonds. The Hall–Kier alpha value is -2.42. The van der Waals surface area contributed by atoms with Gasteiger partial charge in [0.1, 0.15) is 17.8 Å². The number of carbonyl (C=O) groups is 1. The molecule has 0 spiro atoms. The lowest BCUT2D eigenvalue weighted by atomic mass is 10.4. The van der Waals surface area contributed by atoms with E-state index in [2.05, 4.69) is 9.97 Å². The van der Waals surface area contributed by atoms with Crippen LogP contribution < -0.4 is 11.2 Å². The lowest BCUT2D eigenvalue weighted by Crippen LogP contribution is -2.40. The van der Waals surface area contributed by atoms with Crippen LogP contribution in [-0.4, -0.2) is 43.9 Å². The summed E-state index contributed by atoms with van der Waals surface area (Å²) < 4.78 is 7.33. The maximum atomic E-state index is 12.3. The monoisotopic (exact) mass is 296 g/mol. The number of hydrogen-bond donors (Lipinski definition) is 2. The molecule has 114 valence electrons. The molecule has 0 aliphatic heterocycles. The zero-order valence-electron chi connectivity index (χ0n) is 11.8. The Labute approximate surface area is 118 Å². The number of nitrogens with zero attached hydrogens (tertiary/aromatic N) is 3. The fourth-order valence-electron chi connectivity index (χ4n) is 2.10. The number of ether oxygens (including phenoxy) is 1. The molecular formula is C12H16N4O5. The van der Waals surface area contributed by atoms with Gasteiger partial charge < -0.3 is 14.8 Å². The van der Waals surface area contributed by atoms with Crippen molar-refractivity contribution in [3.8, 4) is 0 Å². The first-order valence-electron chi connectivity index (χ1n) is 6.42.